The smallest absolute Gasteiger partial charge is 0.145 e. The summed E-state index contributed by atoms with van der Waals surface area (Å²) in [6, 6.07) is 2.45. The molecular weight excluding hydrogens is 336 g/mol. The summed E-state index contributed by atoms with van der Waals surface area (Å²) in [5.41, 5.74) is 1.47. The van der Waals surface area contributed by atoms with Gasteiger partial charge in [-0.05, 0) is 73.1 Å². The maximum Gasteiger partial charge on any atom is 0.145 e. The van der Waals surface area contributed by atoms with Gasteiger partial charge in [0.2, 0.25) is 0 Å². The quantitative estimate of drug-likeness (QED) is 0.511. The predicted molar refractivity (Wildman–Crippen MR) is 86.3 cm³/mol. The van der Waals surface area contributed by atoms with Gasteiger partial charge in [0.25, 0.3) is 0 Å². The van der Waals surface area contributed by atoms with E-state index in [-0.39, 0.29) is 11.6 Å². The number of benzene rings is 1. The summed E-state index contributed by atoms with van der Waals surface area (Å²) in [5.74, 6) is -0.958. The second kappa shape index (κ2) is 8.04. The van der Waals surface area contributed by atoms with Gasteiger partial charge in [-0.3, -0.25) is 0 Å². The average molecular weight is 358 g/mol. The first kappa shape index (κ1) is 16.6. The van der Waals surface area contributed by atoms with E-state index < -0.39 is 11.6 Å². The van der Waals surface area contributed by atoms with Crippen molar-refractivity contribution >= 4 is 15.9 Å². The van der Waals surface area contributed by atoms with Gasteiger partial charge in [0, 0.05) is 11.6 Å². The molecule has 0 saturated heterocycles. The van der Waals surface area contributed by atoms with Crippen molar-refractivity contribution in [1.29, 1.82) is 0 Å². The Bertz CT molecular complexity index is 514. The minimum absolute atomic E-state index is 0.157. The minimum Gasteiger partial charge on any atom is -0.309 e. The molecule has 0 heterocycles. The summed E-state index contributed by atoms with van der Waals surface area (Å²) in [6.07, 6.45) is 8.38. The summed E-state index contributed by atoms with van der Waals surface area (Å²) in [6.45, 7) is 2.81. The number of nitrogens with one attached hydrogen (secondary N) is 1. The van der Waals surface area contributed by atoms with Crippen LogP contribution in [0, 0.1) is 11.6 Å². The summed E-state index contributed by atoms with van der Waals surface area (Å²) in [5, 5.41) is 3.30. The predicted octanol–water partition coefficient (Wildman–Crippen LogP) is 5.66. The van der Waals surface area contributed by atoms with E-state index in [2.05, 4.69) is 34.2 Å². The minimum atomic E-state index is -0.486. The molecule has 4 heteroatoms. The fraction of sp³-hybridized carbons (Fsp3) is 0.529. The zero-order valence-electron chi connectivity index (χ0n) is 12.4. The van der Waals surface area contributed by atoms with Crippen molar-refractivity contribution in [2.24, 2.45) is 0 Å². The van der Waals surface area contributed by atoms with Gasteiger partial charge in [-0.2, -0.15) is 0 Å². The Morgan fingerprint density at radius 2 is 2.10 bits per heavy atom. The molecule has 1 nitrogen and oxygen atoms in total. The summed E-state index contributed by atoms with van der Waals surface area (Å²) in [7, 11) is 0. The maximum absolute atomic E-state index is 14.3. The van der Waals surface area contributed by atoms with Crippen molar-refractivity contribution in [3.63, 3.8) is 0 Å². The monoisotopic (exact) mass is 357 g/mol. The number of rotatable bonds is 6. The summed E-state index contributed by atoms with van der Waals surface area (Å²) >= 11 is 3.16. The first-order valence-corrected chi connectivity index (χ1v) is 8.47. The van der Waals surface area contributed by atoms with Crippen LogP contribution >= 0.6 is 15.9 Å². The van der Waals surface area contributed by atoms with Crippen LogP contribution < -0.4 is 5.32 Å². The molecular formula is C17H22BrF2N. The van der Waals surface area contributed by atoms with Crippen LogP contribution in [-0.4, -0.2) is 6.54 Å². The van der Waals surface area contributed by atoms with Gasteiger partial charge < -0.3 is 5.32 Å². The van der Waals surface area contributed by atoms with Crippen LogP contribution in [0.4, 0.5) is 8.78 Å². The van der Waals surface area contributed by atoms with Gasteiger partial charge in [-0.15, -0.1) is 0 Å². The summed E-state index contributed by atoms with van der Waals surface area (Å²) < 4.78 is 28.8. The second-order valence-corrected chi connectivity index (χ2v) is 6.43. The van der Waals surface area contributed by atoms with Crippen LogP contribution in [0.5, 0.6) is 0 Å². The molecule has 0 saturated carbocycles. The van der Waals surface area contributed by atoms with Crippen LogP contribution in [0.1, 0.15) is 57.1 Å². The molecule has 2 rings (SSSR count). The van der Waals surface area contributed by atoms with Crippen molar-refractivity contribution in [3.05, 3.63) is 45.5 Å². The zero-order chi connectivity index (χ0) is 15.2. The Kier molecular flexibility index (Phi) is 6.37. The first-order chi connectivity index (χ1) is 10.1. The molecule has 1 aromatic rings. The molecule has 0 aromatic heterocycles. The second-order valence-electron chi connectivity index (χ2n) is 5.58. The Balaban J connectivity index is 2.26. The lowest BCUT2D eigenvalue weighted by molar-refractivity contribution is 0.454. The van der Waals surface area contributed by atoms with Gasteiger partial charge in [0.1, 0.15) is 11.6 Å². The van der Waals surface area contributed by atoms with Gasteiger partial charge in [-0.25, -0.2) is 8.78 Å². The molecule has 1 N–H and O–H groups in total. The molecule has 0 amide bonds. The fourth-order valence-corrected chi connectivity index (χ4v) is 3.16. The average Bonchev–Trinajstić information content (AvgIpc) is 2.50. The molecule has 1 atom stereocenters. The molecule has 1 aliphatic carbocycles. The van der Waals surface area contributed by atoms with E-state index in [0.717, 1.165) is 25.8 Å². The molecule has 1 unspecified atom stereocenters. The molecule has 1 aliphatic rings. The Morgan fingerprint density at radius 3 is 2.76 bits per heavy atom. The van der Waals surface area contributed by atoms with Crippen molar-refractivity contribution in [2.45, 2.75) is 51.5 Å². The van der Waals surface area contributed by atoms with Crippen LogP contribution in [0.25, 0.3) is 0 Å². The third kappa shape index (κ3) is 4.36. The van der Waals surface area contributed by atoms with Gasteiger partial charge in [0.05, 0.1) is 4.47 Å². The van der Waals surface area contributed by atoms with E-state index in [4.69, 9.17) is 0 Å². The van der Waals surface area contributed by atoms with Crippen molar-refractivity contribution in [3.8, 4) is 0 Å². The van der Waals surface area contributed by atoms with Crippen LogP contribution in [0.3, 0.4) is 0 Å². The van der Waals surface area contributed by atoms with E-state index in [1.54, 1.807) is 0 Å². The van der Waals surface area contributed by atoms with Crippen LogP contribution in [-0.2, 0) is 0 Å². The van der Waals surface area contributed by atoms with E-state index in [9.17, 15) is 8.78 Å². The highest BCUT2D eigenvalue weighted by Gasteiger charge is 2.23. The highest BCUT2D eigenvalue weighted by Crippen LogP contribution is 2.32. The van der Waals surface area contributed by atoms with Crippen molar-refractivity contribution < 1.29 is 8.78 Å². The van der Waals surface area contributed by atoms with E-state index >= 15 is 0 Å². The van der Waals surface area contributed by atoms with Crippen molar-refractivity contribution in [1.82, 2.24) is 5.32 Å². The summed E-state index contributed by atoms with van der Waals surface area (Å²) in [4.78, 5) is 0. The molecule has 0 bridgehead atoms. The third-order valence-corrected chi connectivity index (χ3v) is 4.53. The highest BCUT2D eigenvalue weighted by atomic mass is 79.9. The normalized spacial score (nSPS) is 16.7. The standard InChI is InChI=1S/C17H22BrF2N/c1-2-10-21-15(11-12-6-4-3-5-7-12)16-14(19)9-8-13(18)17(16)20/h6,8-9,15,21H,2-5,7,10-11H2,1H3. The number of hydrogen-bond donors (Lipinski definition) is 1. The molecule has 21 heavy (non-hydrogen) atoms. The third-order valence-electron chi connectivity index (χ3n) is 3.92. The largest absolute Gasteiger partial charge is 0.309 e. The lowest BCUT2D eigenvalue weighted by atomic mass is 9.91. The molecule has 0 spiro atoms. The number of halogens is 3. The molecule has 1 aromatic carbocycles. The lowest BCUT2D eigenvalue weighted by Crippen LogP contribution is -2.25. The Morgan fingerprint density at radius 1 is 1.29 bits per heavy atom. The Labute approximate surface area is 133 Å². The first-order valence-electron chi connectivity index (χ1n) is 7.68. The SMILES string of the molecule is CCCNC(CC1=CCCCC1)c1c(F)ccc(Br)c1F. The van der Waals surface area contributed by atoms with Gasteiger partial charge >= 0.3 is 0 Å². The molecule has 116 valence electrons. The molecule has 0 fully saturated rings. The van der Waals surface area contributed by atoms with Crippen LogP contribution in [0.2, 0.25) is 0 Å². The van der Waals surface area contributed by atoms with E-state index in [1.807, 2.05) is 0 Å². The van der Waals surface area contributed by atoms with Crippen molar-refractivity contribution in [2.75, 3.05) is 6.54 Å². The lowest BCUT2D eigenvalue weighted by Gasteiger charge is -2.23. The Hall–Kier alpha value is -0.740. The fourth-order valence-electron chi connectivity index (χ4n) is 2.81. The van der Waals surface area contributed by atoms with Gasteiger partial charge in [-0.1, -0.05) is 18.6 Å². The van der Waals surface area contributed by atoms with Gasteiger partial charge in [0.15, 0.2) is 0 Å². The topological polar surface area (TPSA) is 12.0 Å². The zero-order valence-corrected chi connectivity index (χ0v) is 14.0. The number of hydrogen-bond acceptors (Lipinski definition) is 1. The highest BCUT2D eigenvalue weighted by molar-refractivity contribution is 9.10. The molecule has 0 aliphatic heterocycles. The van der Waals surface area contributed by atoms with E-state index in [1.165, 1.54) is 30.5 Å². The maximum atomic E-state index is 14.3. The molecule has 0 radical (unpaired) electrons. The van der Waals surface area contributed by atoms with E-state index in [0.29, 0.717) is 10.9 Å². The van der Waals surface area contributed by atoms with Crippen LogP contribution in [0.15, 0.2) is 28.3 Å². The number of allylic oxidation sites excluding steroid dienone is 1.